The van der Waals surface area contributed by atoms with Gasteiger partial charge in [0.1, 0.15) is 29.4 Å². The summed E-state index contributed by atoms with van der Waals surface area (Å²) in [6, 6.07) is 10.4. The Kier molecular flexibility index (Phi) is 6.93. The van der Waals surface area contributed by atoms with Crippen LogP contribution in [0.3, 0.4) is 0 Å². The normalized spacial score (nSPS) is 14.2. The molecule has 0 unspecified atom stereocenters. The van der Waals surface area contributed by atoms with Gasteiger partial charge in [-0.2, -0.15) is 0 Å². The van der Waals surface area contributed by atoms with Crippen molar-refractivity contribution < 1.29 is 24.1 Å². The van der Waals surface area contributed by atoms with Gasteiger partial charge in [-0.3, -0.25) is 0 Å². The minimum atomic E-state index is -1.07. The molecule has 0 heterocycles. The first kappa shape index (κ1) is 21.3. The summed E-state index contributed by atoms with van der Waals surface area (Å²) in [6.45, 7) is 2.35. The van der Waals surface area contributed by atoms with Crippen LogP contribution in [0.15, 0.2) is 42.2 Å². The van der Waals surface area contributed by atoms with Gasteiger partial charge >= 0.3 is 5.97 Å². The van der Waals surface area contributed by atoms with Gasteiger partial charge in [0.2, 0.25) is 0 Å². The number of methoxy groups -OCH3 is 1. The number of hydrogen-bond donors (Lipinski definition) is 1. The highest BCUT2D eigenvalue weighted by Gasteiger charge is 2.23. The Balaban J connectivity index is 1.83. The van der Waals surface area contributed by atoms with Crippen LogP contribution in [-0.2, 0) is 16.1 Å². The van der Waals surface area contributed by atoms with Crippen molar-refractivity contribution in [2.24, 2.45) is 5.92 Å². The van der Waals surface area contributed by atoms with Gasteiger partial charge in [-0.1, -0.05) is 47.5 Å². The Bertz CT molecular complexity index is 935. The van der Waals surface area contributed by atoms with Gasteiger partial charge < -0.3 is 19.3 Å². The smallest absolute Gasteiger partial charge is 0.339 e. The molecule has 3 rings (SSSR count). The molecule has 29 heavy (non-hydrogen) atoms. The summed E-state index contributed by atoms with van der Waals surface area (Å²) in [4.78, 5) is 11.8. The number of allylic oxidation sites excluding steroid dienone is 1. The first-order chi connectivity index (χ1) is 13.9. The fraction of sp³-hybridized carbons (Fsp3) is 0.318. The van der Waals surface area contributed by atoms with Crippen LogP contribution in [0.4, 0.5) is 0 Å². The molecule has 5 nitrogen and oxygen atoms in total. The molecule has 1 aliphatic rings. The van der Waals surface area contributed by atoms with Gasteiger partial charge in [-0.25, -0.2) is 4.79 Å². The van der Waals surface area contributed by atoms with Gasteiger partial charge in [-0.05, 0) is 42.9 Å². The van der Waals surface area contributed by atoms with Gasteiger partial charge in [0.05, 0.1) is 23.8 Å². The SMILES string of the molecule is COC(C)=C(C(=O)O)c1ccccc1COc1cc(OCC2CC2)c(Cl)cc1Cl. The minimum Gasteiger partial charge on any atom is -0.500 e. The van der Waals surface area contributed by atoms with Crippen molar-refractivity contribution in [2.45, 2.75) is 26.4 Å². The quantitative estimate of drug-likeness (QED) is 0.396. The van der Waals surface area contributed by atoms with Crippen LogP contribution in [0.5, 0.6) is 11.5 Å². The summed E-state index contributed by atoms with van der Waals surface area (Å²) in [5, 5.41) is 10.4. The Hall–Kier alpha value is -2.37. The van der Waals surface area contributed by atoms with Gasteiger partial charge in [0.15, 0.2) is 0 Å². The van der Waals surface area contributed by atoms with Crippen molar-refractivity contribution in [3.05, 3.63) is 63.3 Å². The molecule has 7 heteroatoms. The van der Waals surface area contributed by atoms with Crippen molar-refractivity contribution in [3.8, 4) is 11.5 Å². The fourth-order valence-corrected chi connectivity index (χ4v) is 3.32. The number of hydrogen-bond acceptors (Lipinski definition) is 4. The second kappa shape index (κ2) is 9.42. The topological polar surface area (TPSA) is 65.0 Å². The van der Waals surface area contributed by atoms with Gasteiger partial charge in [0.25, 0.3) is 0 Å². The van der Waals surface area contributed by atoms with Crippen LogP contribution in [0.25, 0.3) is 5.57 Å². The molecule has 154 valence electrons. The molecule has 0 spiro atoms. The third kappa shape index (κ3) is 5.37. The lowest BCUT2D eigenvalue weighted by atomic mass is 9.99. The summed E-state index contributed by atoms with van der Waals surface area (Å²) in [6.07, 6.45) is 2.34. The van der Waals surface area contributed by atoms with E-state index in [1.165, 1.54) is 20.0 Å². The van der Waals surface area contributed by atoms with Crippen LogP contribution in [0.2, 0.25) is 10.0 Å². The molecule has 2 aromatic rings. The maximum Gasteiger partial charge on any atom is 0.339 e. The summed E-state index contributed by atoms with van der Waals surface area (Å²) in [5.74, 6) is 0.763. The second-order valence-corrected chi connectivity index (χ2v) is 7.67. The number of rotatable bonds is 9. The van der Waals surface area contributed by atoms with Crippen molar-refractivity contribution in [3.63, 3.8) is 0 Å². The van der Waals surface area contributed by atoms with Crippen LogP contribution in [0, 0.1) is 5.92 Å². The van der Waals surface area contributed by atoms with E-state index in [0.29, 0.717) is 51.0 Å². The van der Waals surface area contributed by atoms with Crippen molar-refractivity contribution in [2.75, 3.05) is 13.7 Å². The molecular weight excluding hydrogens is 415 g/mol. The highest BCUT2D eigenvalue weighted by Crippen LogP contribution is 2.38. The van der Waals surface area contributed by atoms with Crippen molar-refractivity contribution in [1.29, 1.82) is 0 Å². The van der Waals surface area contributed by atoms with E-state index in [4.69, 9.17) is 37.4 Å². The Labute approximate surface area is 179 Å². The maximum atomic E-state index is 11.8. The van der Waals surface area contributed by atoms with Crippen LogP contribution in [0.1, 0.15) is 30.9 Å². The zero-order valence-electron chi connectivity index (χ0n) is 16.2. The predicted molar refractivity (Wildman–Crippen MR) is 113 cm³/mol. The largest absolute Gasteiger partial charge is 0.500 e. The first-order valence-corrected chi connectivity index (χ1v) is 9.97. The lowest BCUT2D eigenvalue weighted by molar-refractivity contribution is -0.130. The highest BCUT2D eigenvalue weighted by atomic mass is 35.5. The van der Waals surface area contributed by atoms with Crippen LogP contribution < -0.4 is 9.47 Å². The van der Waals surface area contributed by atoms with Crippen molar-refractivity contribution in [1.82, 2.24) is 0 Å². The number of carbonyl (C=O) groups is 1. The molecule has 1 N–H and O–H groups in total. The molecule has 0 saturated heterocycles. The van der Waals surface area contributed by atoms with E-state index in [9.17, 15) is 9.90 Å². The maximum absolute atomic E-state index is 11.8. The summed E-state index contributed by atoms with van der Waals surface area (Å²) >= 11 is 12.5. The summed E-state index contributed by atoms with van der Waals surface area (Å²) < 4.78 is 16.8. The lowest BCUT2D eigenvalue weighted by Gasteiger charge is -2.15. The average Bonchev–Trinajstić information content (AvgIpc) is 3.51. The standard InChI is InChI=1S/C22H22Cl2O5/c1-13(27-2)21(22(25)26)16-6-4-3-5-15(16)12-29-20-10-19(17(23)9-18(20)24)28-11-14-7-8-14/h3-6,9-10,14H,7-8,11-12H2,1-2H3,(H,25,26). The van der Waals surface area contributed by atoms with E-state index in [1.807, 2.05) is 6.07 Å². The molecule has 0 radical (unpaired) electrons. The Morgan fingerprint density at radius 1 is 1.10 bits per heavy atom. The fourth-order valence-electron chi connectivity index (χ4n) is 2.83. The molecule has 1 saturated carbocycles. The van der Waals surface area contributed by atoms with E-state index >= 15 is 0 Å². The van der Waals surface area contributed by atoms with Gasteiger partial charge in [0, 0.05) is 6.07 Å². The average molecular weight is 437 g/mol. The van der Waals surface area contributed by atoms with Crippen molar-refractivity contribution >= 4 is 34.7 Å². The van der Waals surface area contributed by atoms with Gasteiger partial charge in [-0.15, -0.1) is 0 Å². The summed E-state index contributed by atoms with van der Waals surface area (Å²) in [7, 11) is 1.44. The number of carboxylic acids is 1. The Morgan fingerprint density at radius 2 is 1.76 bits per heavy atom. The molecule has 0 aliphatic heterocycles. The van der Waals surface area contributed by atoms with E-state index in [2.05, 4.69) is 0 Å². The van der Waals surface area contributed by atoms with E-state index < -0.39 is 5.97 Å². The monoisotopic (exact) mass is 436 g/mol. The zero-order valence-corrected chi connectivity index (χ0v) is 17.7. The third-order valence-corrected chi connectivity index (χ3v) is 5.29. The number of benzene rings is 2. The molecule has 1 aliphatic carbocycles. The lowest BCUT2D eigenvalue weighted by Crippen LogP contribution is -2.08. The number of aliphatic carboxylic acids is 1. The van der Waals surface area contributed by atoms with E-state index in [-0.39, 0.29) is 12.2 Å². The number of carboxylic acid groups (broad SMARTS) is 1. The van der Waals surface area contributed by atoms with Crippen LogP contribution >= 0.6 is 23.2 Å². The molecule has 0 aromatic heterocycles. The molecule has 1 fully saturated rings. The molecular formula is C22H22Cl2O5. The molecule has 2 aromatic carbocycles. The third-order valence-electron chi connectivity index (χ3n) is 4.70. The number of halogens is 2. The highest BCUT2D eigenvalue weighted by molar-refractivity contribution is 6.36. The Morgan fingerprint density at radius 3 is 2.38 bits per heavy atom. The molecule has 0 amide bonds. The predicted octanol–water partition coefficient (Wildman–Crippen LogP) is 5.82. The van der Waals surface area contributed by atoms with Crippen LogP contribution in [-0.4, -0.2) is 24.8 Å². The minimum absolute atomic E-state index is 0.0855. The molecule has 0 atom stereocenters. The zero-order chi connectivity index (χ0) is 21.0. The summed E-state index contributed by atoms with van der Waals surface area (Å²) in [5.41, 5.74) is 1.30. The second-order valence-electron chi connectivity index (χ2n) is 6.85. The first-order valence-electron chi connectivity index (χ1n) is 9.21. The molecule has 0 bridgehead atoms. The van der Waals surface area contributed by atoms with E-state index in [1.54, 1.807) is 37.3 Å². The number of ether oxygens (including phenoxy) is 3. The van der Waals surface area contributed by atoms with E-state index in [0.717, 1.165) is 0 Å².